The number of carbonyl (C=O) groups is 2. The molecule has 0 aromatic heterocycles. The fourth-order valence-corrected chi connectivity index (χ4v) is 6.80. The van der Waals surface area contributed by atoms with Gasteiger partial charge in [0.25, 0.3) is 0 Å². The van der Waals surface area contributed by atoms with Gasteiger partial charge >= 0.3 is 11.9 Å². The summed E-state index contributed by atoms with van der Waals surface area (Å²) in [6.07, 6.45) is 11.8. The molecule has 0 aliphatic carbocycles. The molecular weight excluding hydrogens is 716 g/mol. The number of rotatable bonds is 30. The molecule has 0 aliphatic rings. The molecule has 0 amide bonds. The third kappa shape index (κ3) is 16.1. The SMILES string of the molecule is CCCCC(=O)OC(COCC(CC)CCCC)COc1c2ccccc2c(OCC(COCC(CC)CCCC)OC(=O)CCCC)c2cc(Cl)ccc12. The number of esters is 2. The van der Waals surface area contributed by atoms with E-state index in [1.54, 1.807) is 0 Å². The monoisotopic (exact) mass is 784 g/mol. The van der Waals surface area contributed by atoms with Crippen LogP contribution >= 0.6 is 11.6 Å². The Bertz CT molecular complexity index is 1540. The highest BCUT2D eigenvalue weighted by molar-refractivity contribution is 6.31. The van der Waals surface area contributed by atoms with E-state index in [1.165, 1.54) is 12.8 Å². The van der Waals surface area contributed by atoms with E-state index in [-0.39, 0.29) is 38.4 Å². The van der Waals surface area contributed by atoms with Crippen molar-refractivity contribution in [2.75, 3.05) is 39.6 Å². The summed E-state index contributed by atoms with van der Waals surface area (Å²) in [7, 11) is 0. The number of carbonyl (C=O) groups excluding carboxylic acids is 2. The van der Waals surface area contributed by atoms with Crippen LogP contribution in [-0.4, -0.2) is 63.8 Å². The molecule has 0 aliphatic heterocycles. The van der Waals surface area contributed by atoms with Crippen LogP contribution in [-0.2, 0) is 28.5 Å². The fraction of sp³-hybridized carbons (Fsp3) is 0.652. The van der Waals surface area contributed by atoms with Crippen LogP contribution in [0, 0.1) is 11.8 Å². The predicted octanol–water partition coefficient (Wildman–Crippen LogP) is 12.1. The minimum Gasteiger partial charge on any atom is -0.488 e. The van der Waals surface area contributed by atoms with Gasteiger partial charge < -0.3 is 28.4 Å². The van der Waals surface area contributed by atoms with Crippen molar-refractivity contribution in [1.29, 1.82) is 0 Å². The highest BCUT2D eigenvalue weighted by Crippen LogP contribution is 2.44. The normalized spacial score (nSPS) is 13.7. The molecule has 0 bridgehead atoms. The summed E-state index contributed by atoms with van der Waals surface area (Å²) < 4.78 is 37.5. The topological polar surface area (TPSA) is 89.5 Å². The average molecular weight is 786 g/mol. The van der Waals surface area contributed by atoms with Gasteiger partial charge in [-0.05, 0) is 55.7 Å². The molecule has 9 heteroatoms. The second-order valence-electron chi connectivity index (χ2n) is 14.9. The first kappa shape index (κ1) is 46.3. The van der Waals surface area contributed by atoms with Crippen molar-refractivity contribution in [3.05, 3.63) is 47.5 Å². The molecule has 4 unspecified atom stereocenters. The molecular formula is C46H69ClO8. The number of hydrogen-bond acceptors (Lipinski definition) is 8. The van der Waals surface area contributed by atoms with E-state index in [2.05, 4.69) is 41.5 Å². The second-order valence-corrected chi connectivity index (χ2v) is 15.3. The van der Waals surface area contributed by atoms with Crippen molar-refractivity contribution >= 4 is 45.1 Å². The van der Waals surface area contributed by atoms with Gasteiger partial charge in [0.1, 0.15) is 24.7 Å². The standard InChI is InChI=1S/C46H69ClO8/c1-7-13-19-34(11-5)28-50-30-37(54-43(48)23-15-9-3)32-52-45-39-21-17-18-22-40(39)46(42-27-36(47)25-26-41(42)45)53-33-38(55-44(49)24-16-10-4)31-51-29-35(12-6)20-14-8-2/h17-18,21-22,25-27,34-35,37-38H,7-16,19-20,23-24,28-33H2,1-6H3. The van der Waals surface area contributed by atoms with Crippen LogP contribution in [0.5, 0.6) is 11.5 Å². The summed E-state index contributed by atoms with van der Waals surface area (Å²) in [5, 5.41) is 3.77. The lowest BCUT2D eigenvalue weighted by molar-refractivity contribution is -0.155. The largest absolute Gasteiger partial charge is 0.488 e. The van der Waals surface area contributed by atoms with Gasteiger partial charge in [-0.3, -0.25) is 9.59 Å². The van der Waals surface area contributed by atoms with Gasteiger partial charge in [0.2, 0.25) is 0 Å². The molecule has 3 aromatic carbocycles. The number of unbranched alkanes of at least 4 members (excludes halogenated alkanes) is 4. The molecule has 0 fully saturated rings. The Balaban J connectivity index is 1.90. The van der Waals surface area contributed by atoms with Gasteiger partial charge in [0, 0.05) is 52.6 Å². The van der Waals surface area contributed by atoms with E-state index >= 15 is 0 Å². The van der Waals surface area contributed by atoms with Crippen molar-refractivity contribution in [3.63, 3.8) is 0 Å². The van der Waals surface area contributed by atoms with Crippen LogP contribution in [0.15, 0.2) is 42.5 Å². The van der Waals surface area contributed by atoms with Crippen LogP contribution in [0.1, 0.15) is 131 Å². The molecule has 3 aromatic rings. The molecule has 3 rings (SSSR count). The lowest BCUT2D eigenvalue weighted by atomic mass is 10.0. The van der Waals surface area contributed by atoms with E-state index in [4.69, 9.17) is 40.0 Å². The van der Waals surface area contributed by atoms with Gasteiger partial charge in [-0.15, -0.1) is 0 Å². The Morgan fingerprint density at radius 2 is 0.982 bits per heavy atom. The van der Waals surface area contributed by atoms with Crippen molar-refractivity contribution in [1.82, 2.24) is 0 Å². The summed E-state index contributed by atoms with van der Waals surface area (Å²) in [4.78, 5) is 25.6. The van der Waals surface area contributed by atoms with Crippen LogP contribution in [0.2, 0.25) is 5.02 Å². The summed E-state index contributed by atoms with van der Waals surface area (Å²) >= 11 is 6.62. The minimum absolute atomic E-state index is 0.111. The van der Waals surface area contributed by atoms with Crippen molar-refractivity contribution < 1.29 is 38.0 Å². The lowest BCUT2D eigenvalue weighted by Crippen LogP contribution is -2.31. The molecule has 308 valence electrons. The second kappa shape index (κ2) is 26.7. The van der Waals surface area contributed by atoms with Crippen LogP contribution < -0.4 is 9.47 Å². The molecule has 0 saturated heterocycles. The summed E-state index contributed by atoms with van der Waals surface area (Å²) in [5.41, 5.74) is 0. The molecule has 4 atom stereocenters. The summed E-state index contributed by atoms with van der Waals surface area (Å²) in [6.45, 7) is 14.9. The Morgan fingerprint density at radius 3 is 1.42 bits per heavy atom. The number of ether oxygens (including phenoxy) is 6. The van der Waals surface area contributed by atoms with Gasteiger partial charge in [0.05, 0.1) is 13.2 Å². The molecule has 55 heavy (non-hydrogen) atoms. The maximum atomic E-state index is 12.8. The Kier molecular flexibility index (Phi) is 22.5. The van der Waals surface area contributed by atoms with Crippen LogP contribution in [0.3, 0.4) is 0 Å². The molecule has 0 spiro atoms. The quantitative estimate of drug-likeness (QED) is 0.0488. The number of hydrogen-bond donors (Lipinski definition) is 0. The Morgan fingerprint density at radius 1 is 0.545 bits per heavy atom. The maximum Gasteiger partial charge on any atom is 0.306 e. The lowest BCUT2D eigenvalue weighted by Gasteiger charge is -2.24. The first-order valence-corrected chi connectivity index (χ1v) is 21.6. The number of fused-ring (bicyclic) bond motifs is 2. The molecule has 0 N–H and O–H groups in total. The Labute approximate surface area is 336 Å². The minimum atomic E-state index is -0.589. The molecule has 8 nitrogen and oxygen atoms in total. The van der Waals surface area contributed by atoms with E-state index < -0.39 is 12.2 Å². The van der Waals surface area contributed by atoms with Crippen molar-refractivity contribution in [2.45, 2.75) is 144 Å². The number of halogens is 1. The highest BCUT2D eigenvalue weighted by Gasteiger charge is 2.23. The fourth-order valence-electron chi connectivity index (χ4n) is 6.63. The first-order valence-electron chi connectivity index (χ1n) is 21.2. The van der Waals surface area contributed by atoms with E-state index in [1.807, 2.05) is 42.5 Å². The first-order chi connectivity index (χ1) is 26.8. The van der Waals surface area contributed by atoms with Gasteiger partial charge in [-0.25, -0.2) is 0 Å². The van der Waals surface area contributed by atoms with Gasteiger partial charge in [-0.1, -0.05) is 129 Å². The third-order valence-electron chi connectivity index (χ3n) is 10.2. The van der Waals surface area contributed by atoms with Gasteiger partial charge in [0.15, 0.2) is 12.2 Å². The zero-order valence-electron chi connectivity index (χ0n) is 34.6. The summed E-state index contributed by atoms with van der Waals surface area (Å²) in [5.74, 6) is 1.69. The Hall–Kier alpha value is -3.07. The highest BCUT2D eigenvalue weighted by atomic mass is 35.5. The van der Waals surface area contributed by atoms with E-state index in [0.717, 1.165) is 85.8 Å². The average Bonchev–Trinajstić information content (AvgIpc) is 3.19. The van der Waals surface area contributed by atoms with Crippen molar-refractivity contribution in [2.24, 2.45) is 11.8 Å². The third-order valence-corrected chi connectivity index (χ3v) is 10.4. The smallest absolute Gasteiger partial charge is 0.306 e. The molecule has 0 radical (unpaired) electrons. The van der Waals surface area contributed by atoms with E-state index in [0.29, 0.717) is 54.4 Å². The van der Waals surface area contributed by atoms with Crippen LogP contribution in [0.4, 0.5) is 0 Å². The maximum absolute atomic E-state index is 12.8. The van der Waals surface area contributed by atoms with E-state index in [9.17, 15) is 9.59 Å². The molecule has 0 saturated carbocycles. The predicted molar refractivity (Wildman–Crippen MR) is 225 cm³/mol. The van der Waals surface area contributed by atoms with Crippen molar-refractivity contribution in [3.8, 4) is 11.5 Å². The molecule has 0 heterocycles. The zero-order valence-corrected chi connectivity index (χ0v) is 35.4. The summed E-state index contributed by atoms with van der Waals surface area (Å²) in [6, 6.07) is 13.5. The zero-order chi connectivity index (χ0) is 39.8. The van der Waals surface area contributed by atoms with Crippen LogP contribution in [0.25, 0.3) is 21.5 Å². The van der Waals surface area contributed by atoms with Gasteiger partial charge in [-0.2, -0.15) is 0 Å². The number of benzene rings is 3.